The highest BCUT2D eigenvalue weighted by Crippen LogP contribution is 2.13. The van der Waals surface area contributed by atoms with E-state index in [4.69, 9.17) is 4.74 Å². The van der Waals surface area contributed by atoms with Crippen LogP contribution in [-0.2, 0) is 6.54 Å². The van der Waals surface area contributed by atoms with Crippen molar-refractivity contribution in [3.05, 3.63) is 70.5 Å². The first kappa shape index (κ1) is 14.3. The van der Waals surface area contributed by atoms with Crippen LogP contribution in [0.3, 0.4) is 0 Å². The van der Waals surface area contributed by atoms with Crippen LogP contribution in [0.2, 0.25) is 0 Å². The lowest BCUT2D eigenvalue weighted by atomic mass is 10.1. The molecule has 3 rings (SSSR count). The van der Waals surface area contributed by atoms with Crippen molar-refractivity contribution >= 4 is 10.9 Å². The maximum atomic E-state index is 13.0. The maximum absolute atomic E-state index is 13.0. The van der Waals surface area contributed by atoms with Crippen molar-refractivity contribution in [2.24, 2.45) is 0 Å². The van der Waals surface area contributed by atoms with Gasteiger partial charge in [0.25, 0.3) is 5.56 Å². The Kier molecular flexibility index (Phi) is 3.87. The van der Waals surface area contributed by atoms with Gasteiger partial charge in [0.2, 0.25) is 0 Å². The monoisotopic (exact) mass is 298 g/mol. The molecule has 0 bridgehead atoms. The fourth-order valence-corrected chi connectivity index (χ4v) is 2.32. The molecule has 1 aromatic heterocycles. The molecule has 0 N–H and O–H groups in total. The average Bonchev–Trinajstić information content (AvgIpc) is 2.50. The van der Waals surface area contributed by atoms with E-state index >= 15 is 0 Å². The summed E-state index contributed by atoms with van der Waals surface area (Å²) >= 11 is 0. The molecule has 2 aromatic carbocycles. The smallest absolute Gasteiger partial charge is 0.261 e. The third-order valence-electron chi connectivity index (χ3n) is 3.45. The van der Waals surface area contributed by atoms with Crippen LogP contribution in [-0.4, -0.2) is 16.2 Å². The van der Waals surface area contributed by atoms with Crippen molar-refractivity contribution in [1.82, 2.24) is 9.55 Å². The van der Waals surface area contributed by atoms with Crippen molar-refractivity contribution in [2.75, 3.05) is 6.61 Å². The molecular weight excluding hydrogens is 283 g/mol. The van der Waals surface area contributed by atoms with Crippen molar-refractivity contribution in [2.45, 2.75) is 13.5 Å². The summed E-state index contributed by atoms with van der Waals surface area (Å²) in [6.45, 7) is 2.54. The molecule has 0 saturated carbocycles. The summed E-state index contributed by atoms with van der Waals surface area (Å²) in [6, 6.07) is 11.4. The first-order valence-electron chi connectivity index (χ1n) is 6.98. The van der Waals surface area contributed by atoms with Gasteiger partial charge < -0.3 is 4.74 Å². The Morgan fingerprint density at radius 2 is 2.05 bits per heavy atom. The first-order chi connectivity index (χ1) is 10.6. The van der Waals surface area contributed by atoms with Crippen LogP contribution in [0.5, 0.6) is 5.75 Å². The Hall–Kier alpha value is -2.69. The number of hydrogen-bond acceptors (Lipinski definition) is 3. The summed E-state index contributed by atoms with van der Waals surface area (Å²) in [6.07, 6.45) is 1.52. The topological polar surface area (TPSA) is 44.1 Å². The number of fused-ring (bicyclic) bond motifs is 1. The number of nitrogens with zero attached hydrogens (tertiary/aromatic N) is 2. The Balaban J connectivity index is 1.77. The van der Waals surface area contributed by atoms with Crippen LogP contribution >= 0.6 is 0 Å². The molecule has 0 aliphatic heterocycles. The van der Waals surface area contributed by atoms with Gasteiger partial charge in [0, 0.05) is 6.07 Å². The van der Waals surface area contributed by atoms with E-state index in [0.717, 1.165) is 11.1 Å². The van der Waals surface area contributed by atoms with Crippen LogP contribution in [0.1, 0.15) is 5.56 Å². The lowest BCUT2D eigenvalue weighted by molar-refractivity contribution is 0.294. The number of hydrogen-bond donors (Lipinski definition) is 0. The minimum absolute atomic E-state index is 0.100. The Bertz CT molecular complexity index is 874. The largest absolute Gasteiger partial charge is 0.492 e. The van der Waals surface area contributed by atoms with Crippen molar-refractivity contribution in [3.63, 3.8) is 0 Å². The van der Waals surface area contributed by atoms with Gasteiger partial charge in [-0.25, -0.2) is 9.37 Å². The van der Waals surface area contributed by atoms with E-state index < -0.39 is 0 Å². The van der Waals surface area contributed by atoms with Crippen LogP contribution < -0.4 is 10.3 Å². The highest BCUT2D eigenvalue weighted by atomic mass is 19.1. The molecule has 5 heteroatoms. The number of aromatic nitrogens is 2. The molecule has 0 atom stereocenters. The van der Waals surface area contributed by atoms with E-state index in [1.54, 1.807) is 18.2 Å². The zero-order valence-corrected chi connectivity index (χ0v) is 12.1. The molecule has 0 radical (unpaired) electrons. The molecule has 0 fully saturated rings. The summed E-state index contributed by atoms with van der Waals surface area (Å²) < 4.78 is 20.0. The van der Waals surface area contributed by atoms with Gasteiger partial charge in [-0.1, -0.05) is 18.2 Å². The molecular formula is C17H15FN2O2. The van der Waals surface area contributed by atoms with E-state index in [2.05, 4.69) is 4.98 Å². The molecule has 22 heavy (non-hydrogen) atoms. The standard InChI is InChI=1S/C17H15FN2O2/c1-12-4-2-7-15-16(12)19-11-20(17(15)21)8-9-22-14-6-3-5-13(18)10-14/h2-7,10-11H,8-9H2,1H3. The molecule has 0 spiro atoms. The predicted octanol–water partition coefficient (Wildman–Crippen LogP) is 2.92. The highest BCUT2D eigenvalue weighted by molar-refractivity contribution is 5.80. The zero-order valence-electron chi connectivity index (χ0n) is 12.1. The first-order valence-corrected chi connectivity index (χ1v) is 6.98. The SMILES string of the molecule is Cc1cccc2c(=O)n(CCOc3cccc(F)c3)cnc12. The lowest BCUT2D eigenvalue weighted by Crippen LogP contribution is -2.23. The summed E-state index contributed by atoms with van der Waals surface area (Å²) in [5.74, 6) is 0.0927. The second-order valence-corrected chi connectivity index (χ2v) is 5.02. The van der Waals surface area contributed by atoms with E-state index in [-0.39, 0.29) is 18.0 Å². The Morgan fingerprint density at radius 1 is 1.23 bits per heavy atom. The van der Waals surface area contributed by atoms with Gasteiger partial charge in [0.05, 0.1) is 23.8 Å². The molecule has 0 amide bonds. The zero-order chi connectivity index (χ0) is 15.5. The molecule has 0 aliphatic rings. The third kappa shape index (κ3) is 2.83. The second kappa shape index (κ2) is 5.97. The highest BCUT2D eigenvalue weighted by Gasteiger charge is 2.06. The number of rotatable bonds is 4. The summed E-state index contributed by atoms with van der Waals surface area (Å²) in [5, 5.41) is 0.591. The van der Waals surface area contributed by atoms with Gasteiger partial charge >= 0.3 is 0 Å². The molecule has 112 valence electrons. The van der Waals surface area contributed by atoms with E-state index in [1.807, 2.05) is 19.1 Å². The Labute approximate surface area is 126 Å². The third-order valence-corrected chi connectivity index (χ3v) is 3.45. The molecule has 3 aromatic rings. The predicted molar refractivity (Wildman–Crippen MR) is 82.6 cm³/mol. The van der Waals surface area contributed by atoms with E-state index in [1.165, 1.54) is 23.0 Å². The fourth-order valence-electron chi connectivity index (χ4n) is 2.32. The number of para-hydroxylation sites is 1. The van der Waals surface area contributed by atoms with Gasteiger partial charge in [0.15, 0.2) is 0 Å². The van der Waals surface area contributed by atoms with Crippen LogP contribution in [0.4, 0.5) is 4.39 Å². The molecule has 0 unspecified atom stereocenters. The molecule has 0 saturated heterocycles. The van der Waals surface area contributed by atoms with Gasteiger partial charge in [-0.2, -0.15) is 0 Å². The lowest BCUT2D eigenvalue weighted by Gasteiger charge is -2.09. The number of ether oxygens (including phenoxy) is 1. The normalized spacial score (nSPS) is 10.8. The fraction of sp³-hybridized carbons (Fsp3) is 0.176. The van der Waals surface area contributed by atoms with Gasteiger partial charge in [-0.15, -0.1) is 0 Å². The number of halogens is 1. The van der Waals surface area contributed by atoms with E-state index in [0.29, 0.717) is 17.7 Å². The Morgan fingerprint density at radius 3 is 2.86 bits per heavy atom. The van der Waals surface area contributed by atoms with Gasteiger partial charge in [-0.3, -0.25) is 9.36 Å². The molecule has 0 aliphatic carbocycles. The van der Waals surface area contributed by atoms with E-state index in [9.17, 15) is 9.18 Å². The van der Waals surface area contributed by atoms with Crippen LogP contribution in [0.15, 0.2) is 53.6 Å². The minimum atomic E-state index is -0.350. The summed E-state index contributed by atoms with van der Waals surface area (Å²) in [5.41, 5.74) is 1.59. The van der Waals surface area contributed by atoms with Crippen LogP contribution in [0, 0.1) is 12.7 Å². The minimum Gasteiger partial charge on any atom is -0.492 e. The van der Waals surface area contributed by atoms with Gasteiger partial charge in [0.1, 0.15) is 18.2 Å². The number of aryl methyl sites for hydroxylation is 1. The quantitative estimate of drug-likeness (QED) is 0.744. The molecule has 1 heterocycles. The van der Waals surface area contributed by atoms with Crippen molar-refractivity contribution in [3.8, 4) is 5.75 Å². The van der Waals surface area contributed by atoms with Crippen molar-refractivity contribution in [1.29, 1.82) is 0 Å². The second-order valence-electron chi connectivity index (χ2n) is 5.02. The average molecular weight is 298 g/mol. The van der Waals surface area contributed by atoms with Crippen molar-refractivity contribution < 1.29 is 9.13 Å². The van der Waals surface area contributed by atoms with Gasteiger partial charge in [-0.05, 0) is 30.7 Å². The number of benzene rings is 2. The van der Waals surface area contributed by atoms with Crippen LogP contribution in [0.25, 0.3) is 10.9 Å². The summed E-state index contributed by atoms with van der Waals surface area (Å²) in [7, 11) is 0. The maximum Gasteiger partial charge on any atom is 0.261 e. The molecule has 4 nitrogen and oxygen atoms in total. The summed E-state index contributed by atoms with van der Waals surface area (Å²) in [4.78, 5) is 16.7.